The normalized spacial score (nSPS) is 11.3. The molecule has 27 heavy (non-hydrogen) atoms. The average molecular weight is 386 g/mol. The van der Waals surface area contributed by atoms with Crippen molar-refractivity contribution < 1.29 is 13.2 Å². The van der Waals surface area contributed by atoms with E-state index in [9.17, 15) is 13.2 Å². The molecule has 9 nitrogen and oxygen atoms in total. The van der Waals surface area contributed by atoms with Crippen molar-refractivity contribution in [3.05, 3.63) is 59.7 Å². The van der Waals surface area contributed by atoms with Gasteiger partial charge in [-0.15, -0.1) is 15.0 Å². The lowest BCUT2D eigenvalue weighted by Gasteiger charge is -2.10. The number of hydrogen-bond acceptors (Lipinski definition) is 6. The van der Waals surface area contributed by atoms with Crippen LogP contribution in [0.3, 0.4) is 0 Å². The molecule has 0 bridgehead atoms. The van der Waals surface area contributed by atoms with Gasteiger partial charge in [-0.2, -0.15) is 4.80 Å². The van der Waals surface area contributed by atoms with E-state index < -0.39 is 15.9 Å². The zero-order valence-electron chi connectivity index (χ0n) is 14.7. The molecule has 3 aromatic rings. The fourth-order valence-corrected chi connectivity index (χ4v) is 3.55. The van der Waals surface area contributed by atoms with Gasteiger partial charge < -0.3 is 0 Å². The van der Waals surface area contributed by atoms with Gasteiger partial charge in [0, 0.05) is 5.56 Å². The maximum Gasteiger partial charge on any atom is 0.258 e. The summed E-state index contributed by atoms with van der Waals surface area (Å²) < 4.78 is 24.8. The molecule has 0 aliphatic heterocycles. The first-order valence-electron chi connectivity index (χ1n) is 8.06. The molecule has 0 aliphatic rings. The molecule has 0 spiro atoms. The Balaban J connectivity index is 1.63. The van der Waals surface area contributed by atoms with Crippen molar-refractivity contribution in [3.8, 4) is 11.4 Å². The minimum absolute atomic E-state index is 0.105. The van der Waals surface area contributed by atoms with Crippen LogP contribution in [0.5, 0.6) is 0 Å². The van der Waals surface area contributed by atoms with Gasteiger partial charge in [-0.05, 0) is 36.3 Å². The number of hydrazine groups is 1. The predicted molar refractivity (Wildman–Crippen MR) is 97.6 cm³/mol. The molecule has 0 saturated heterocycles. The van der Waals surface area contributed by atoms with Crippen molar-refractivity contribution in [2.45, 2.75) is 25.3 Å². The van der Waals surface area contributed by atoms with Crippen LogP contribution in [0.1, 0.15) is 11.1 Å². The number of amides is 1. The standard InChI is InChI=1S/C17H18N6O3S/c1-12-8-9-13(2)15(10-12)27(25,26)22-18-16(24)11-23-20-17(19-21-23)14-6-4-3-5-7-14/h3-10,22H,11H2,1-2H3,(H,18,24). The Morgan fingerprint density at radius 1 is 1.11 bits per heavy atom. The number of nitrogens with one attached hydrogen (secondary N) is 2. The predicted octanol–water partition coefficient (Wildman–Crippen LogP) is 0.967. The van der Waals surface area contributed by atoms with E-state index in [0.29, 0.717) is 11.4 Å². The highest BCUT2D eigenvalue weighted by Crippen LogP contribution is 2.16. The SMILES string of the molecule is Cc1ccc(C)c(S(=O)(=O)NNC(=O)Cn2nnc(-c3ccccc3)n2)c1. The third-order valence-electron chi connectivity index (χ3n) is 3.73. The largest absolute Gasteiger partial charge is 0.276 e. The highest BCUT2D eigenvalue weighted by molar-refractivity contribution is 7.89. The first kappa shape index (κ1) is 18.7. The van der Waals surface area contributed by atoms with Gasteiger partial charge >= 0.3 is 0 Å². The highest BCUT2D eigenvalue weighted by atomic mass is 32.2. The van der Waals surface area contributed by atoms with E-state index in [2.05, 4.69) is 25.7 Å². The van der Waals surface area contributed by atoms with Crippen LogP contribution in [0.15, 0.2) is 53.4 Å². The molecule has 2 N–H and O–H groups in total. The van der Waals surface area contributed by atoms with Crippen molar-refractivity contribution >= 4 is 15.9 Å². The van der Waals surface area contributed by atoms with Crippen LogP contribution in [0.2, 0.25) is 0 Å². The first-order valence-corrected chi connectivity index (χ1v) is 9.54. The van der Waals surface area contributed by atoms with Crippen LogP contribution in [-0.4, -0.2) is 34.5 Å². The van der Waals surface area contributed by atoms with E-state index in [4.69, 9.17) is 0 Å². The summed E-state index contributed by atoms with van der Waals surface area (Å²) in [6, 6.07) is 14.2. The zero-order chi connectivity index (χ0) is 19.4. The van der Waals surface area contributed by atoms with Gasteiger partial charge in [0.05, 0.1) is 4.90 Å². The number of aryl methyl sites for hydroxylation is 2. The summed E-state index contributed by atoms with van der Waals surface area (Å²) in [5.41, 5.74) is 4.30. The van der Waals surface area contributed by atoms with Gasteiger partial charge in [0.2, 0.25) is 5.82 Å². The number of nitrogens with zero attached hydrogens (tertiary/aromatic N) is 4. The molecule has 0 radical (unpaired) electrons. The minimum atomic E-state index is -3.89. The second-order valence-electron chi connectivity index (χ2n) is 5.93. The summed E-state index contributed by atoms with van der Waals surface area (Å²) >= 11 is 0. The molecule has 3 rings (SSSR count). The molecule has 140 valence electrons. The van der Waals surface area contributed by atoms with Gasteiger partial charge in [-0.3, -0.25) is 10.2 Å². The van der Waals surface area contributed by atoms with E-state index in [1.165, 1.54) is 6.07 Å². The van der Waals surface area contributed by atoms with Crippen molar-refractivity contribution in [1.29, 1.82) is 0 Å². The molecule has 0 fully saturated rings. The van der Waals surface area contributed by atoms with E-state index in [0.717, 1.165) is 15.9 Å². The highest BCUT2D eigenvalue weighted by Gasteiger charge is 2.18. The second kappa shape index (κ2) is 7.64. The number of hydrogen-bond donors (Lipinski definition) is 2. The molecule has 0 atom stereocenters. The number of benzene rings is 2. The third kappa shape index (κ3) is 4.54. The van der Waals surface area contributed by atoms with Crippen molar-refractivity contribution in [3.63, 3.8) is 0 Å². The molecule has 0 aliphatic carbocycles. The number of aromatic nitrogens is 4. The lowest BCUT2D eigenvalue weighted by atomic mass is 10.2. The first-order chi connectivity index (χ1) is 12.8. The van der Waals surface area contributed by atoms with Crippen molar-refractivity contribution in [2.24, 2.45) is 0 Å². The molecule has 0 saturated carbocycles. The average Bonchev–Trinajstić information content (AvgIpc) is 3.11. The summed E-state index contributed by atoms with van der Waals surface area (Å²) in [6.45, 7) is 3.19. The summed E-state index contributed by atoms with van der Waals surface area (Å²) in [6.07, 6.45) is 0. The molecule has 2 aromatic carbocycles. The minimum Gasteiger partial charge on any atom is -0.276 e. The Hall–Kier alpha value is -3.11. The van der Waals surface area contributed by atoms with Crippen molar-refractivity contribution in [1.82, 2.24) is 30.5 Å². The lowest BCUT2D eigenvalue weighted by Crippen LogP contribution is -2.43. The zero-order valence-corrected chi connectivity index (χ0v) is 15.6. The maximum absolute atomic E-state index is 12.4. The summed E-state index contributed by atoms with van der Waals surface area (Å²) in [5, 5.41) is 11.8. The maximum atomic E-state index is 12.4. The quantitative estimate of drug-likeness (QED) is 0.609. The number of carbonyl (C=O) groups is 1. The van der Waals surface area contributed by atoms with E-state index in [1.807, 2.05) is 36.4 Å². The fraction of sp³-hybridized carbons (Fsp3) is 0.176. The Morgan fingerprint density at radius 2 is 1.85 bits per heavy atom. The van der Waals surface area contributed by atoms with E-state index >= 15 is 0 Å². The molecule has 1 amide bonds. The third-order valence-corrected chi connectivity index (χ3v) is 5.12. The summed E-state index contributed by atoms with van der Waals surface area (Å²) in [4.78, 5) is 15.3. The molecular weight excluding hydrogens is 368 g/mol. The van der Waals surface area contributed by atoms with Crippen LogP contribution in [-0.2, 0) is 21.4 Å². The van der Waals surface area contributed by atoms with Crippen LogP contribution >= 0.6 is 0 Å². The van der Waals surface area contributed by atoms with Crippen LogP contribution in [0.25, 0.3) is 11.4 Å². The second-order valence-corrected chi connectivity index (χ2v) is 7.58. The smallest absolute Gasteiger partial charge is 0.258 e. The summed E-state index contributed by atoms with van der Waals surface area (Å²) in [7, 11) is -3.89. The van der Waals surface area contributed by atoms with Gasteiger partial charge in [-0.25, -0.2) is 8.42 Å². The molecule has 10 heteroatoms. The Kier molecular flexibility index (Phi) is 5.28. The van der Waals surface area contributed by atoms with Gasteiger partial charge in [0.15, 0.2) is 0 Å². The number of rotatable bonds is 6. The molecule has 0 unspecified atom stereocenters. The number of carbonyl (C=O) groups excluding carboxylic acids is 1. The fourth-order valence-electron chi connectivity index (χ4n) is 2.36. The van der Waals surface area contributed by atoms with Gasteiger partial charge in [0.25, 0.3) is 15.9 Å². The molecule has 1 aromatic heterocycles. The molecular formula is C17H18N6O3S. The van der Waals surface area contributed by atoms with Crippen LogP contribution < -0.4 is 10.3 Å². The Morgan fingerprint density at radius 3 is 2.59 bits per heavy atom. The van der Waals surface area contributed by atoms with Crippen molar-refractivity contribution in [2.75, 3.05) is 0 Å². The van der Waals surface area contributed by atoms with Gasteiger partial charge in [0.1, 0.15) is 6.54 Å². The van der Waals surface area contributed by atoms with E-state index in [1.54, 1.807) is 19.9 Å². The van der Waals surface area contributed by atoms with Crippen LogP contribution in [0, 0.1) is 13.8 Å². The lowest BCUT2D eigenvalue weighted by molar-refractivity contribution is -0.122. The van der Waals surface area contributed by atoms with Gasteiger partial charge in [-0.1, -0.05) is 42.5 Å². The number of sulfonamides is 1. The summed E-state index contributed by atoms with van der Waals surface area (Å²) in [5.74, 6) is -0.250. The topological polar surface area (TPSA) is 119 Å². The number of tetrazole rings is 1. The Bertz CT molecular complexity index is 1060. The van der Waals surface area contributed by atoms with E-state index in [-0.39, 0.29) is 11.4 Å². The monoisotopic (exact) mass is 386 g/mol. The molecule has 1 heterocycles. The van der Waals surface area contributed by atoms with Crippen LogP contribution in [0.4, 0.5) is 0 Å². The Labute approximate surface area is 156 Å².